The Balaban J connectivity index is 4.23. The lowest BCUT2D eigenvalue weighted by Crippen LogP contribution is -2.09. The van der Waals surface area contributed by atoms with Gasteiger partial charge in [-0.15, -0.1) is 0 Å². The van der Waals surface area contributed by atoms with Crippen molar-refractivity contribution in [1.82, 2.24) is 0 Å². The van der Waals surface area contributed by atoms with Gasteiger partial charge in [0.2, 0.25) is 0 Å². The first-order valence-electron chi connectivity index (χ1n) is 6.56. The molecule has 0 aromatic carbocycles. The predicted octanol–water partition coefficient (Wildman–Crippen LogP) is 4.59. The average molecular weight is 231 g/mol. The zero-order valence-corrected chi connectivity index (χ0v) is 11.7. The smallest absolute Gasteiger partial charge is 0.256 e. The van der Waals surface area contributed by atoms with Gasteiger partial charge in [-0.1, -0.05) is 40.0 Å². The van der Waals surface area contributed by atoms with E-state index < -0.39 is 7.26 Å². The van der Waals surface area contributed by atoms with Crippen molar-refractivity contribution in [3.8, 4) is 0 Å². The van der Waals surface area contributed by atoms with Crippen LogP contribution in [0.1, 0.15) is 59.3 Å². The van der Waals surface area contributed by atoms with Gasteiger partial charge in [-0.05, 0) is 19.3 Å². The average Bonchev–Trinajstić information content (AvgIpc) is 2.29. The van der Waals surface area contributed by atoms with Crippen LogP contribution in [0.15, 0.2) is 0 Å². The molecule has 0 heterocycles. The molecule has 90 valence electrons. The molecule has 0 spiro atoms. The molecule has 0 saturated heterocycles. The molecule has 1 nitrogen and oxygen atoms in total. The fourth-order valence-corrected chi connectivity index (χ4v) is 5.74. The summed E-state index contributed by atoms with van der Waals surface area (Å²) in [6, 6.07) is 1.37. The van der Waals surface area contributed by atoms with Crippen molar-refractivity contribution in [3.63, 3.8) is 0 Å². The Bertz CT molecular complexity index is 135. The van der Waals surface area contributed by atoms with Gasteiger partial charge in [-0.25, -0.2) is 0 Å². The lowest BCUT2D eigenvalue weighted by Gasteiger charge is -2.20. The first-order chi connectivity index (χ1) is 7.24. The summed E-state index contributed by atoms with van der Waals surface area (Å²) in [5.41, 5.74) is 0. The van der Waals surface area contributed by atoms with Crippen LogP contribution < -0.4 is 0 Å². The molecule has 0 rings (SSSR count). The molecule has 0 aliphatic rings. The van der Waals surface area contributed by atoms with Crippen LogP contribution in [0.25, 0.3) is 0 Å². The van der Waals surface area contributed by atoms with Gasteiger partial charge in [0.15, 0.2) is 0 Å². The SMILES string of the molecule is CCCC[P+](C=O)(CCCC)CCCC. The van der Waals surface area contributed by atoms with Gasteiger partial charge in [-0.3, -0.25) is 4.79 Å². The molecule has 0 fully saturated rings. The van der Waals surface area contributed by atoms with E-state index in [1.807, 2.05) is 0 Å². The first kappa shape index (κ1) is 15.1. The summed E-state index contributed by atoms with van der Waals surface area (Å²) in [5.74, 6) is 0. The highest BCUT2D eigenvalue weighted by Gasteiger charge is 2.35. The second-order valence-electron chi connectivity index (χ2n) is 4.56. The summed E-state index contributed by atoms with van der Waals surface area (Å²) in [6.07, 6.45) is 11.1. The Hall–Kier alpha value is 0.100. The minimum atomic E-state index is -1.21. The summed E-state index contributed by atoms with van der Waals surface area (Å²) in [4.78, 5) is 11.4. The van der Waals surface area contributed by atoms with Crippen LogP contribution >= 0.6 is 7.26 Å². The first-order valence-corrected chi connectivity index (χ1v) is 8.98. The molecule has 0 N–H and O–H groups in total. The Kier molecular flexibility index (Phi) is 9.40. The molecule has 0 aromatic heterocycles. The van der Waals surface area contributed by atoms with Gasteiger partial charge in [0.25, 0.3) is 6.03 Å². The number of hydrogen-bond donors (Lipinski definition) is 0. The summed E-state index contributed by atoms with van der Waals surface area (Å²) in [7, 11) is -1.21. The van der Waals surface area contributed by atoms with E-state index in [-0.39, 0.29) is 0 Å². The Labute approximate surface area is 96.4 Å². The molecule has 15 heavy (non-hydrogen) atoms. The summed E-state index contributed by atoms with van der Waals surface area (Å²) in [6.45, 7) is 6.66. The van der Waals surface area contributed by atoms with Crippen molar-refractivity contribution in [3.05, 3.63) is 0 Å². The number of rotatable bonds is 10. The quantitative estimate of drug-likeness (QED) is 0.397. The largest absolute Gasteiger partial charge is 0.257 e. The Morgan fingerprint density at radius 3 is 1.33 bits per heavy atom. The van der Waals surface area contributed by atoms with Gasteiger partial charge >= 0.3 is 0 Å². The molecule has 2 heteroatoms. The van der Waals surface area contributed by atoms with Crippen molar-refractivity contribution in [1.29, 1.82) is 0 Å². The third-order valence-electron chi connectivity index (χ3n) is 3.09. The monoisotopic (exact) mass is 231 g/mol. The molecule has 0 bridgehead atoms. The third kappa shape index (κ3) is 6.30. The van der Waals surface area contributed by atoms with Gasteiger partial charge < -0.3 is 0 Å². The Morgan fingerprint density at radius 1 is 0.800 bits per heavy atom. The Morgan fingerprint density at radius 2 is 1.13 bits per heavy atom. The highest BCUT2D eigenvalue weighted by atomic mass is 31.2. The van der Waals surface area contributed by atoms with Crippen LogP contribution in [0.4, 0.5) is 0 Å². The van der Waals surface area contributed by atoms with Gasteiger partial charge in [0.05, 0.1) is 25.7 Å². The second kappa shape index (κ2) is 9.33. The van der Waals surface area contributed by atoms with Crippen molar-refractivity contribution in [2.75, 3.05) is 18.5 Å². The van der Waals surface area contributed by atoms with Crippen molar-refractivity contribution >= 4 is 13.3 Å². The van der Waals surface area contributed by atoms with E-state index in [1.165, 1.54) is 63.0 Å². The summed E-state index contributed by atoms with van der Waals surface area (Å²) >= 11 is 0. The fourth-order valence-electron chi connectivity index (χ4n) is 1.91. The maximum atomic E-state index is 11.4. The number of hydrogen-bond acceptors (Lipinski definition) is 1. The maximum Gasteiger partial charge on any atom is 0.256 e. The molecule has 0 atom stereocenters. The maximum absolute atomic E-state index is 11.4. The van der Waals surface area contributed by atoms with Crippen LogP contribution in [0.2, 0.25) is 0 Å². The second-order valence-corrected chi connectivity index (χ2v) is 8.54. The summed E-state index contributed by atoms with van der Waals surface area (Å²) < 4.78 is 0. The minimum absolute atomic E-state index is 1.21. The zero-order chi connectivity index (χ0) is 11.6. The van der Waals surface area contributed by atoms with Crippen molar-refractivity contribution in [2.24, 2.45) is 0 Å². The van der Waals surface area contributed by atoms with E-state index in [1.54, 1.807) is 0 Å². The van der Waals surface area contributed by atoms with E-state index in [0.717, 1.165) is 0 Å². The molecule has 0 amide bonds. The van der Waals surface area contributed by atoms with Crippen LogP contribution in [0, 0.1) is 0 Å². The molecule has 0 saturated carbocycles. The van der Waals surface area contributed by atoms with Gasteiger partial charge in [-0.2, -0.15) is 0 Å². The van der Waals surface area contributed by atoms with E-state index in [0.29, 0.717) is 0 Å². The lowest BCUT2D eigenvalue weighted by molar-refractivity contribution is 0.567. The van der Waals surface area contributed by atoms with E-state index in [9.17, 15) is 4.79 Å². The topological polar surface area (TPSA) is 17.1 Å². The van der Waals surface area contributed by atoms with Crippen LogP contribution in [-0.2, 0) is 4.79 Å². The molecule has 0 aromatic rings. The summed E-state index contributed by atoms with van der Waals surface area (Å²) in [5, 5.41) is 0. The molecule has 0 aliphatic heterocycles. The number of carbonyl (C=O) groups excluding carboxylic acids is 1. The third-order valence-corrected chi connectivity index (χ3v) is 7.16. The molecule has 0 aliphatic carbocycles. The van der Waals surface area contributed by atoms with Crippen LogP contribution in [0.3, 0.4) is 0 Å². The van der Waals surface area contributed by atoms with E-state index in [2.05, 4.69) is 20.8 Å². The van der Waals surface area contributed by atoms with Crippen molar-refractivity contribution in [2.45, 2.75) is 59.3 Å². The highest BCUT2D eigenvalue weighted by molar-refractivity contribution is 7.88. The molecular weight excluding hydrogens is 203 g/mol. The van der Waals surface area contributed by atoms with E-state index >= 15 is 0 Å². The minimum Gasteiger partial charge on any atom is -0.257 e. The van der Waals surface area contributed by atoms with Crippen LogP contribution in [0.5, 0.6) is 0 Å². The standard InChI is InChI=1S/C13H28OP/c1-4-7-10-15(13-14,11-8-5-2)12-9-6-3/h13H,4-12H2,1-3H3/q+1. The zero-order valence-electron chi connectivity index (χ0n) is 10.8. The highest BCUT2D eigenvalue weighted by Crippen LogP contribution is 2.57. The molecular formula is C13H28OP+. The van der Waals surface area contributed by atoms with E-state index in [4.69, 9.17) is 0 Å². The predicted molar refractivity (Wildman–Crippen MR) is 73.0 cm³/mol. The van der Waals surface area contributed by atoms with Crippen molar-refractivity contribution < 1.29 is 4.79 Å². The lowest BCUT2D eigenvalue weighted by atomic mass is 10.4. The number of unbranched alkanes of at least 4 members (excludes halogenated alkanes) is 3. The number of carbonyl (C=O) groups is 1. The molecule has 0 unspecified atom stereocenters. The normalized spacial score (nSPS) is 11.7. The van der Waals surface area contributed by atoms with Gasteiger partial charge in [0.1, 0.15) is 0 Å². The fraction of sp³-hybridized carbons (Fsp3) is 0.923. The van der Waals surface area contributed by atoms with Gasteiger partial charge in [0, 0.05) is 0 Å². The van der Waals surface area contributed by atoms with Crippen LogP contribution in [-0.4, -0.2) is 24.5 Å². The molecule has 0 radical (unpaired) electrons.